The number of nitrogens with zero attached hydrogens (tertiary/aromatic N) is 3. The molecule has 2 heterocycles. The minimum Gasteiger partial charge on any atom is -0.465 e. The molecular formula is C19H24N4O2. The molecule has 0 spiro atoms. The molecule has 0 unspecified atom stereocenters. The summed E-state index contributed by atoms with van der Waals surface area (Å²) in [6.07, 6.45) is 4.93. The quantitative estimate of drug-likeness (QED) is 0.856. The van der Waals surface area contributed by atoms with Crippen molar-refractivity contribution in [1.29, 1.82) is 0 Å². The Labute approximate surface area is 148 Å². The van der Waals surface area contributed by atoms with Crippen molar-refractivity contribution in [3.05, 3.63) is 41.7 Å². The standard InChI is InChI=1S/C19H24N4O2/c1-14-20-17(13-18(21-14)23-11-7-3-4-8-12-23)22-16-10-6-5-9-15(16)19(24)25-2/h5-6,9-10,13H,3-4,7-8,11-12H2,1-2H3,(H,20,21,22). The highest BCUT2D eigenvalue weighted by Crippen LogP contribution is 2.24. The van der Waals surface area contributed by atoms with E-state index in [4.69, 9.17) is 4.74 Å². The third-order valence-electron chi connectivity index (χ3n) is 4.35. The Morgan fingerprint density at radius 3 is 2.56 bits per heavy atom. The van der Waals surface area contributed by atoms with E-state index in [1.54, 1.807) is 6.07 Å². The zero-order valence-electron chi connectivity index (χ0n) is 14.8. The lowest BCUT2D eigenvalue weighted by Crippen LogP contribution is -2.25. The van der Waals surface area contributed by atoms with Crippen LogP contribution in [-0.2, 0) is 4.74 Å². The Hall–Kier alpha value is -2.63. The molecule has 6 nitrogen and oxygen atoms in total. The third kappa shape index (κ3) is 4.26. The molecule has 2 aromatic rings. The van der Waals surface area contributed by atoms with Crippen molar-refractivity contribution in [1.82, 2.24) is 9.97 Å². The van der Waals surface area contributed by atoms with E-state index in [0.717, 1.165) is 18.9 Å². The van der Waals surface area contributed by atoms with Crippen LogP contribution >= 0.6 is 0 Å². The molecule has 132 valence electrons. The summed E-state index contributed by atoms with van der Waals surface area (Å²) in [6.45, 7) is 3.93. The molecule has 0 saturated carbocycles. The van der Waals surface area contributed by atoms with Crippen LogP contribution in [-0.4, -0.2) is 36.1 Å². The summed E-state index contributed by atoms with van der Waals surface area (Å²) >= 11 is 0. The van der Waals surface area contributed by atoms with Gasteiger partial charge in [-0.1, -0.05) is 25.0 Å². The van der Waals surface area contributed by atoms with Crippen LogP contribution in [0.3, 0.4) is 0 Å². The Morgan fingerprint density at radius 2 is 1.84 bits per heavy atom. The van der Waals surface area contributed by atoms with Crippen LogP contribution in [0.15, 0.2) is 30.3 Å². The average Bonchev–Trinajstić information content (AvgIpc) is 2.90. The lowest BCUT2D eigenvalue weighted by Gasteiger charge is -2.22. The first-order valence-electron chi connectivity index (χ1n) is 8.72. The van der Waals surface area contributed by atoms with E-state index >= 15 is 0 Å². The molecule has 3 rings (SSSR count). The van der Waals surface area contributed by atoms with Crippen LogP contribution < -0.4 is 10.2 Å². The monoisotopic (exact) mass is 340 g/mol. The van der Waals surface area contributed by atoms with Gasteiger partial charge in [0.1, 0.15) is 17.5 Å². The maximum absolute atomic E-state index is 11.9. The number of aromatic nitrogens is 2. The topological polar surface area (TPSA) is 67.3 Å². The lowest BCUT2D eigenvalue weighted by atomic mass is 10.2. The molecule has 0 aliphatic carbocycles. The second-order valence-electron chi connectivity index (χ2n) is 6.22. The molecule has 0 bridgehead atoms. The smallest absolute Gasteiger partial charge is 0.339 e. The van der Waals surface area contributed by atoms with Crippen molar-refractivity contribution < 1.29 is 9.53 Å². The zero-order valence-corrected chi connectivity index (χ0v) is 14.8. The van der Waals surface area contributed by atoms with Gasteiger partial charge >= 0.3 is 5.97 Å². The molecule has 1 fully saturated rings. The number of benzene rings is 1. The van der Waals surface area contributed by atoms with Gasteiger partial charge in [-0.05, 0) is 31.9 Å². The first-order chi connectivity index (χ1) is 12.2. The van der Waals surface area contributed by atoms with Gasteiger partial charge in [-0.2, -0.15) is 0 Å². The first kappa shape index (κ1) is 17.2. The van der Waals surface area contributed by atoms with Crippen LogP contribution in [0.1, 0.15) is 41.9 Å². The summed E-state index contributed by atoms with van der Waals surface area (Å²) in [4.78, 5) is 23.3. The van der Waals surface area contributed by atoms with E-state index in [2.05, 4.69) is 20.2 Å². The van der Waals surface area contributed by atoms with E-state index in [1.807, 2.05) is 31.2 Å². The number of hydrogen-bond donors (Lipinski definition) is 1. The predicted octanol–water partition coefficient (Wildman–Crippen LogP) is 3.70. The van der Waals surface area contributed by atoms with Gasteiger partial charge in [-0.15, -0.1) is 0 Å². The van der Waals surface area contributed by atoms with E-state index in [0.29, 0.717) is 22.9 Å². The number of nitrogens with one attached hydrogen (secondary N) is 1. The number of carbonyl (C=O) groups excluding carboxylic acids is 1. The molecule has 0 atom stereocenters. The van der Waals surface area contributed by atoms with Gasteiger partial charge in [0.25, 0.3) is 0 Å². The highest BCUT2D eigenvalue weighted by Gasteiger charge is 2.15. The summed E-state index contributed by atoms with van der Waals surface area (Å²) in [5.41, 5.74) is 1.16. The molecule has 6 heteroatoms. The normalized spacial score (nSPS) is 14.7. The maximum atomic E-state index is 11.9. The summed E-state index contributed by atoms with van der Waals surface area (Å²) in [5, 5.41) is 3.25. The van der Waals surface area contributed by atoms with E-state index < -0.39 is 0 Å². The van der Waals surface area contributed by atoms with Crippen LogP contribution in [0.2, 0.25) is 0 Å². The van der Waals surface area contributed by atoms with Crippen molar-refractivity contribution in [3.8, 4) is 0 Å². The highest BCUT2D eigenvalue weighted by molar-refractivity contribution is 5.96. The number of rotatable bonds is 4. The van der Waals surface area contributed by atoms with Crippen molar-refractivity contribution >= 4 is 23.3 Å². The average molecular weight is 340 g/mol. The summed E-state index contributed by atoms with van der Waals surface area (Å²) in [7, 11) is 1.38. The van der Waals surface area contributed by atoms with Crippen LogP contribution in [0.5, 0.6) is 0 Å². The Morgan fingerprint density at radius 1 is 1.12 bits per heavy atom. The predicted molar refractivity (Wildman–Crippen MR) is 98.5 cm³/mol. The Bertz CT molecular complexity index is 740. The second-order valence-corrected chi connectivity index (χ2v) is 6.22. The van der Waals surface area contributed by atoms with Gasteiger partial charge in [0.05, 0.1) is 18.4 Å². The second kappa shape index (κ2) is 7.96. The molecule has 1 aliphatic heterocycles. The van der Waals surface area contributed by atoms with Gasteiger partial charge in [0.15, 0.2) is 0 Å². The SMILES string of the molecule is COC(=O)c1ccccc1Nc1cc(N2CCCCCC2)nc(C)n1. The number of aryl methyl sites for hydroxylation is 1. The zero-order chi connectivity index (χ0) is 17.6. The minimum absolute atomic E-state index is 0.374. The number of ether oxygens (including phenoxy) is 1. The summed E-state index contributed by atoms with van der Waals surface area (Å²) in [6, 6.07) is 9.21. The molecule has 1 aromatic heterocycles. The molecule has 1 N–H and O–H groups in total. The van der Waals surface area contributed by atoms with Crippen molar-refractivity contribution in [2.45, 2.75) is 32.6 Å². The summed E-state index contributed by atoms with van der Waals surface area (Å²) < 4.78 is 4.85. The first-order valence-corrected chi connectivity index (χ1v) is 8.72. The van der Waals surface area contributed by atoms with Crippen molar-refractivity contribution in [3.63, 3.8) is 0 Å². The number of anilines is 3. The van der Waals surface area contributed by atoms with Gasteiger partial charge in [-0.25, -0.2) is 14.8 Å². The van der Waals surface area contributed by atoms with Crippen molar-refractivity contribution in [2.24, 2.45) is 0 Å². The number of esters is 1. The molecule has 0 amide bonds. The van der Waals surface area contributed by atoms with E-state index in [9.17, 15) is 4.79 Å². The molecule has 1 saturated heterocycles. The highest BCUT2D eigenvalue weighted by atomic mass is 16.5. The molecular weight excluding hydrogens is 316 g/mol. The largest absolute Gasteiger partial charge is 0.465 e. The fraction of sp³-hybridized carbons (Fsp3) is 0.421. The maximum Gasteiger partial charge on any atom is 0.339 e. The molecule has 1 aliphatic rings. The van der Waals surface area contributed by atoms with Crippen LogP contribution in [0, 0.1) is 6.92 Å². The summed E-state index contributed by atoms with van der Waals surface area (Å²) in [5.74, 6) is 1.96. The minimum atomic E-state index is -0.374. The van der Waals surface area contributed by atoms with Gasteiger partial charge < -0.3 is 15.0 Å². The third-order valence-corrected chi connectivity index (χ3v) is 4.35. The van der Waals surface area contributed by atoms with E-state index in [-0.39, 0.29) is 5.97 Å². The number of methoxy groups -OCH3 is 1. The number of hydrogen-bond acceptors (Lipinski definition) is 6. The van der Waals surface area contributed by atoms with Crippen LogP contribution in [0.25, 0.3) is 0 Å². The van der Waals surface area contributed by atoms with Gasteiger partial charge in [0, 0.05) is 19.2 Å². The molecule has 0 radical (unpaired) electrons. The number of para-hydroxylation sites is 1. The Kier molecular flexibility index (Phi) is 5.48. The lowest BCUT2D eigenvalue weighted by molar-refractivity contribution is 0.0602. The van der Waals surface area contributed by atoms with Crippen molar-refractivity contribution in [2.75, 3.05) is 30.4 Å². The van der Waals surface area contributed by atoms with Gasteiger partial charge in [0.2, 0.25) is 0 Å². The van der Waals surface area contributed by atoms with E-state index in [1.165, 1.54) is 32.8 Å². The molecule has 1 aromatic carbocycles. The Balaban J connectivity index is 1.87. The fourth-order valence-electron chi connectivity index (χ4n) is 3.10. The molecule has 25 heavy (non-hydrogen) atoms. The van der Waals surface area contributed by atoms with Gasteiger partial charge in [-0.3, -0.25) is 0 Å². The van der Waals surface area contributed by atoms with Crippen LogP contribution in [0.4, 0.5) is 17.3 Å². The fourth-order valence-corrected chi connectivity index (χ4v) is 3.10. The number of carbonyl (C=O) groups is 1.